The zero-order chi connectivity index (χ0) is 15.8. The summed E-state index contributed by atoms with van der Waals surface area (Å²) in [4.78, 5) is 2.35. The molecular weight excluding hydrogens is 300 g/mol. The molecule has 5 nitrogen and oxygen atoms in total. The molecule has 0 radical (unpaired) electrons. The number of rotatable bonds is 8. The average molecular weight is 326 g/mol. The van der Waals surface area contributed by atoms with E-state index in [-0.39, 0.29) is 12.4 Å². The summed E-state index contributed by atoms with van der Waals surface area (Å²) < 4.78 is 32.3. The summed E-state index contributed by atoms with van der Waals surface area (Å²) in [5, 5.41) is 0. The van der Waals surface area contributed by atoms with Gasteiger partial charge in [0.25, 0.3) is 0 Å². The summed E-state index contributed by atoms with van der Waals surface area (Å²) in [7, 11) is -3.28. The SMILES string of the molecule is CCN1CCCCC1CNS(=O)(=O)CCOc1ccccc1. The van der Waals surface area contributed by atoms with Crippen molar-refractivity contribution in [3.8, 4) is 5.75 Å². The van der Waals surface area contributed by atoms with Crippen molar-refractivity contribution < 1.29 is 13.2 Å². The van der Waals surface area contributed by atoms with Crippen LogP contribution in [0.4, 0.5) is 0 Å². The first-order valence-corrected chi connectivity index (χ1v) is 9.65. The highest BCUT2D eigenvalue weighted by Crippen LogP contribution is 2.16. The third-order valence-electron chi connectivity index (χ3n) is 4.06. The molecule has 1 aliphatic rings. The van der Waals surface area contributed by atoms with Crippen LogP contribution in [0.15, 0.2) is 30.3 Å². The van der Waals surface area contributed by atoms with Crippen molar-refractivity contribution in [3.63, 3.8) is 0 Å². The zero-order valence-corrected chi connectivity index (χ0v) is 14.0. The Kier molecular flexibility index (Phi) is 6.67. The number of piperidine rings is 1. The minimum atomic E-state index is -3.28. The number of likely N-dealkylation sites (tertiary alicyclic amines) is 1. The number of nitrogens with one attached hydrogen (secondary N) is 1. The van der Waals surface area contributed by atoms with E-state index in [4.69, 9.17) is 4.74 Å². The number of sulfonamides is 1. The Hall–Kier alpha value is -1.11. The van der Waals surface area contributed by atoms with E-state index < -0.39 is 10.0 Å². The molecule has 1 aromatic carbocycles. The lowest BCUT2D eigenvalue weighted by molar-refractivity contribution is 0.158. The van der Waals surface area contributed by atoms with Crippen molar-refractivity contribution in [2.24, 2.45) is 0 Å². The predicted octanol–water partition coefficient (Wildman–Crippen LogP) is 1.86. The normalized spacial score (nSPS) is 20.0. The van der Waals surface area contributed by atoms with Gasteiger partial charge < -0.3 is 4.74 Å². The highest BCUT2D eigenvalue weighted by Gasteiger charge is 2.22. The van der Waals surface area contributed by atoms with E-state index in [1.54, 1.807) is 0 Å². The summed E-state index contributed by atoms with van der Waals surface area (Å²) in [6.07, 6.45) is 3.46. The molecule has 1 saturated heterocycles. The van der Waals surface area contributed by atoms with Gasteiger partial charge in [-0.15, -0.1) is 0 Å². The Morgan fingerprint density at radius 1 is 1.27 bits per heavy atom. The fourth-order valence-corrected chi connectivity index (χ4v) is 3.68. The number of hydrogen-bond acceptors (Lipinski definition) is 4. The third-order valence-corrected chi connectivity index (χ3v) is 5.37. The van der Waals surface area contributed by atoms with Gasteiger partial charge in [-0.1, -0.05) is 31.5 Å². The Morgan fingerprint density at radius 2 is 2.05 bits per heavy atom. The molecule has 0 spiro atoms. The summed E-state index contributed by atoms with van der Waals surface area (Å²) in [5.74, 6) is 0.683. The van der Waals surface area contributed by atoms with Crippen LogP contribution in [-0.2, 0) is 10.0 Å². The second-order valence-corrected chi connectivity index (χ2v) is 7.53. The molecule has 0 saturated carbocycles. The molecule has 0 bridgehead atoms. The van der Waals surface area contributed by atoms with Gasteiger partial charge in [0, 0.05) is 12.6 Å². The van der Waals surface area contributed by atoms with Crippen molar-refractivity contribution in [2.45, 2.75) is 32.2 Å². The van der Waals surface area contributed by atoms with Crippen LogP contribution in [0.2, 0.25) is 0 Å². The van der Waals surface area contributed by atoms with Crippen LogP contribution in [-0.4, -0.2) is 51.4 Å². The molecule has 124 valence electrons. The van der Waals surface area contributed by atoms with E-state index >= 15 is 0 Å². The Balaban J connectivity index is 1.73. The second-order valence-electron chi connectivity index (χ2n) is 5.61. The minimum Gasteiger partial charge on any atom is -0.492 e. The van der Waals surface area contributed by atoms with Crippen molar-refractivity contribution in [1.29, 1.82) is 0 Å². The van der Waals surface area contributed by atoms with E-state index in [1.165, 1.54) is 12.8 Å². The van der Waals surface area contributed by atoms with Gasteiger partial charge in [-0.2, -0.15) is 0 Å². The lowest BCUT2D eigenvalue weighted by Crippen LogP contribution is -2.47. The third kappa shape index (κ3) is 5.59. The maximum atomic E-state index is 12.0. The van der Waals surface area contributed by atoms with E-state index in [0.29, 0.717) is 18.3 Å². The van der Waals surface area contributed by atoms with E-state index in [0.717, 1.165) is 19.5 Å². The van der Waals surface area contributed by atoms with Crippen LogP contribution in [0.1, 0.15) is 26.2 Å². The number of ether oxygens (including phenoxy) is 1. The average Bonchev–Trinajstić information content (AvgIpc) is 2.54. The highest BCUT2D eigenvalue weighted by atomic mass is 32.2. The molecule has 22 heavy (non-hydrogen) atoms. The van der Waals surface area contributed by atoms with Crippen molar-refractivity contribution in [3.05, 3.63) is 30.3 Å². The largest absolute Gasteiger partial charge is 0.492 e. The molecule has 1 aliphatic heterocycles. The number of para-hydroxylation sites is 1. The maximum Gasteiger partial charge on any atom is 0.215 e. The molecule has 0 aliphatic carbocycles. The van der Waals surface area contributed by atoms with Gasteiger partial charge >= 0.3 is 0 Å². The van der Waals surface area contributed by atoms with Gasteiger partial charge in [0.2, 0.25) is 10.0 Å². The summed E-state index contributed by atoms with van der Waals surface area (Å²) in [6.45, 7) is 4.84. The Morgan fingerprint density at radius 3 is 2.77 bits per heavy atom. The topological polar surface area (TPSA) is 58.6 Å². The Labute approximate surface area is 133 Å². The lowest BCUT2D eigenvalue weighted by atomic mass is 10.0. The van der Waals surface area contributed by atoms with Crippen LogP contribution in [0, 0.1) is 0 Å². The summed E-state index contributed by atoms with van der Waals surface area (Å²) >= 11 is 0. The monoisotopic (exact) mass is 326 g/mol. The van der Waals surface area contributed by atoms with Gasteiger partial charge in [-0.05, 0) is 38.1 Å². The van der Waals surface area contributed by atoms with Crippen LogP contribution in [0.3, 0.4) is 0 Å². The molecule has 1 N–H and O–H groups in total. The molecule has 0 amide bonds. The molecule has 0 aromatic heterocycles. The second kappa shape index (κ2) is 8.50. The lowest BCUT2D eigenvalue weighted by Gasteiger charge is -2.34. The number of hydrogen-bond donors (Lipinski definition) is 1. The van der Waals surface area contributed by atoms with E-state index in [1.807, 2.05) is 30.3 Å². The van der Waals surface area contributed by atoms with Crippen LogP contribution >= 0.6 is 0 Å². The van der Waals surface area contributed by atoms with Crippen LogP contribution in [0.25, 0.3) is 0 Å². The summed E-state index contributed by atoms with van der Waals surface area (Å²) in [5.41, 5.74) is 0. The van der Waals surface area contributed by atoms with Gasteiger partial charge in [0.05, 0.1) is 5.75 Å². The fourth-order valence-electron chi connectivity index (χ4n) is 2.79. The molecular formula is C16H26N2O3S. The maximum absolute atomic E-state index is 12.0. The van der Waals surface area contributed by atoms with Crippen LogP contribution in [0.5, 0.6) is 5.75 Å². The number of likely N-dealkylation sites (N-methyl/N-ethyl adjacent to an activating group) is 1. The molecule has 1 atom stereocenters. The predicted molar refractivity (Wildman–Crippen MR) is 88.6 cm³/mol. The number of nitrogens with zero attached hydrogens (tertiary/aromatic N) is 1. The van der Waals surface area contributed by atoms with Gasteiger partial charge in [-0.25, -0.2) is 13.1 Å². The molecule has 6 heteroatoms. The molecule has 1 fully saturated rings. The first-order valence-electron chi connectivity index (χ1n) is 8.00. The molecule has 1 unspecified atom stereocenters. The van der Waals surface area contributed by atoms with Gasteiger partial charge in [-0.3, -0.25) is 4.90 Å². The van der Waals surface area contributed by atoms with E-state index in [2.05, 4.69) is 16.5 Å². The van der Waals surface area contributed by atoms with Crippen molar-refractivity contribution in [1.82, 2.24) is 9.62 Å². The van der Waals surface area contributed by atoms with Crippen molar-refractivity contribution >= 4 is 10.0 Å². The minimum absolute atomic E-state index is 0.0132. The fraction of sp³-hybridized carbons (Fsp3) is 0.625. The Bertz CT molecular complexity index is 534. The molecule has 1 heterocycles. The highest BCUT2D eigenvalue weighted by molar-refractivity contribution is 7.89. The quantitative estimate of drug-likeness (QED) is 0.792. The summed E-state index contributed by atoms with van der Waals surface area (Å²) in [6, 6.07) is 9.59. The van der Waals surface area contributed by atoms with Crippen LogP contribution < -0.4 is 9.46 Å². The van der Waals surface area contributed by atoms with Crippen molar-refractivity contribution in [2.75, 3.05) is 32.0 Å². The first-order chi connectivity index (χ1) is 10.6. The zero-order valence-electron chi connectivity index (χ0n) is 13.2. The first kappa shape index (κ1) is 17.2. The smallest absolute Gasteiger partial charge is 0.215 e. The number of benzene rings is 1. The molecule has 1 aromatic rings. The van der Waals surface area contributed by atoms with Gasteiger partial charge in [0.15, 0.2) is 0 Å². The molecule has 2 rings (SSSR count). The van der Waals surface area contributed by atoms with Gasteiger partial charge in [0.1, 0.15) is 12.4 Å². The van der Waals surface area contributed by atoms with E-state index in [9.17, 15) is 8.42 Å². The standard InChI is InChI=1S/C16H26N2O3S/c1-2-18-11-7-6-8-15(18)14-17-22(19,20)13-12-21-16-9-4-3-5-10-16/h3-5,9-10,15,17H,2,6-8,11-14H2,1H3.